The largest absolute Gasteiger partial charge is 0.486 e. The van der Waals surface area contributed by atoms with Gasteiger partial charge in [0, 0.05) is 13.0 Å². The van der Waals surface area contributed by atoms with Crippen LogP contribution in [0.15, 0.2) is 12.4 Å². The monoisotopic (exact) mass is 248 g/mol. The maximum Gasteiger partial charge on any atom is 0.157 e. The fourth-order valence-corrected chi connectivity index (χ4v) is 3.30. The highest BCUT2D eigenvalue weighted by atomic mass is 16.5. The second kappa shape index (κ2) is 4.41. The molecule has 1 aromatic heterocycles. The molecule has 1 unspecified atom stereocenters. The van der Waals surface area contributed by atoms with E-state index in [-0.39, 0.29) is 11.5 Å². The average Bonchev–Trinajstić information content (AvgIpc) is 2.99. The predicted molar refractivity (Wildman–Crippen MR) is 67.5 cm³/mol. The molecule has 4 nitrogen and oxygen atoms in total. The van der Waals surface area contributed by atoms with Gasteiger partial charge >= 0.3 is 0 Å². The molecule has 2 aliphatic carbocycles. The van der Waals surface area contributed by atoms with Crippen LogP contribution < -0.4 is 4.74 Å². The van der Waals surface area contributed by atoms with Crippen LogP contribution in [0.4, 0.5) is 0 Å². The minimum Gasteiger partial charge on any atom is -0.486 e. The van der Waals surface area contributed by atoms with E-state index in [1.807, 2.05) is 10.9 Å². The van der Waals surface area contributed by atoms with Gasteiger partial charge < -0.3 is 4.74 Å². The molecule has 0 aromatic carbocycles. The molecule has 0 aliphatic heterocycles. The molecule has 2 aliphatic rings. The Morgan fingerprint density at radius 3 is 2.94 bits per heavy atom. The summed E-state index contributed by atoms with van der Waals surface area (Å²) < 4.78 is 7.88. The molecule has 1 atom stereocenters. The van der Waals surface area contributed by atoms with E-state index < -0.39 is 0 Å². The number of Topliss-reactive ketones (excluding diaryl/α,β-unsaturated/α-hetero) is 1. The highest BCUT2D eigenvalue weighted by Crippen LogP contribution is 2.51. The number of nitrogens with zero attached hydrogens (tertiary/aromatic N) is 2. The van der Waals surface area contributed by atoms with Gasteiger partial charge in [0.25, 0.3) is 0 Å². The van der Waals surface area contributed by atoms with Crippen molar-refractivity contribution in [1.29, 1.82) is 0 Å². The van der Waals surface area contributed by atoms with Crippen LogP contribution in [0.1, 0.15) is 45.4 Å². The number of hydrogen-bond donors (Lipinski definition) is 0. The van der Waals surface area contributed by atoms with E-state index in [2.05, 4.69) is 12.0 Å². The molecule has 3 rings (SSSR count). The van der Waals surface area contributed by atoms with Gasteiger partial charge in [0.15, 0.2) is 5.75 Å². The van der Waals surface area contributed by atoms with Crippen molar-refractivity contribution in [3.8, 4) is 5.75 Å². The molecular weight excluding hydrogens is 228 g/mol. The maximum absolute atomic E-state index is 11.9. The van der Waals surface area contributed by atoms with Crippen molar-refractivity contribution in [2.24, 2.45) is 5.41 Å². The van der Waals surface area contributed by atoms with Crippen molar-refractivity contribution in [1.82, 2.24) is 9.78 Å². The number of rotatable bonds is 4. The highest BCUT2D eigenvalue weighted by Gasteiger charge is 2.57. The predicted octanol–water partition coefficient (Wildman–Crippen LogP) is 2.57. The van der Waals surface area contributed by atoms with Crippen molar-refractivity contribution >= 4 is 5.78 Å². The Labute approximate surface area is 107 Å². The van der Waals surface area contributed by atoms with Crippen molar-refractivity contribution in [3.63, 3.8) is 0 Å². The zero-order valence-electron chi connectivity index (χ0n) is 10.9. The van der Waals surface area contributed by atoms with Gasteiger partial charge in [0.2, 0.25) is 0 Å². The molecule has 1 aromatic rings. The third-order valence-electron chi connectivity index (χ3n) is 4.38. The van der Waals surface area contributed by atoms with Gasteiger partial charge in [-0.05, 0) is 19.3 Å². The third-order valence-corrected chi connectivity index (χ3v) is 4.38. The van der Waals surface area contributed by atoms with Crippen LogP contribution in [0.3, 0.4) is 0 Å². The number of ether oxygens (including phenoxy) is 1. The molecular formula is C14H20N2O2. The lowest BCUT2D eigenvalue weighted by molar-refractivity contribution is -0.151. The summed E-state index contributed by atoms with van der Waals surface area (Å²) in [6.07, 6.45) is 9.80. The molecule has 0 amide bonds. The molecule has 4 heteroatoms. The topological polar surface area (TPSA) is 44.1 Å². The van der Waals surface area contributed by atoms with Crippen LogP contribution in [0.25, 0.3) is 0 Å². The summed E-state index contributed by atoms with van der Waals surface area (Å²) in [6, 6.07) is 0. The van der Waals surface area contributed by atoms with Gasteiger partial charge in [0.1, 0.15) is 11.9 Å². The van der Waals surface area contributed by atoms with Crippen molar-refractivity contribution in [3.05, 3.63) is 12.4 Å². The molecule has 0 saturated heterocycles. The quantitative estimate of drug-likeness (QED) is 0.822. The van der Waals surface area contributed by atoms with Crippen LogP contribution in [0, 0.1) is 5.41 Å². The minimum absolute atomic E-state index is 0.0896. The first-order valence-corrected chi connectivity index (χ1v) is 6.97. The first-order chi connectivity index (χ1) is 8.74. The molecule has 1 heterocycles. The van der Waals surface area contributed by atoms with Gasteiger partial charge in [-0.25, -0.2) is 0 Å². The Kier molecular flexibility index (Phi) is 2.88. The van der Waals surface area contributed by atoms with Crippen LogP contribution in [0.2, 0.25) is 0 Å². The Bertz CT molecular complexity index is 446. The lowest BCUT2D eigenvalue weighted by Crippen LogP contribution is -2.55. The molecule has 0 N–H and O–H groups in total. The Balaban J connectivity index is 1.67. The first kappa shape index (κ1) is 11.8. The zero-order valence-corrected chi connectivity index (χ0v) is 10.9. The SMILES string of the molecule is CCCn1cc(OC2CC(=O)C23CCCC3)cn1. The normalized spacial score (nSPS) is 25.4. The molecule has 98 valence electrons. The summed E-state index contributed by atoms with van der Waals surface area (Å²) in [7, 11) is 0. The Morgan fingerprint density at radius 2 is 2.28 bits per heavy atom. The van der Waals surface area contributed by atoms with E-state index >= 15 is 0 Å². The lowest BCUT2D eigenvalue weighted by Gasteiger charge is -2.44. The van der Waals surface area contributed by atoms with Crippen LogP contribution >= 0.6 is 0 Å². The summed E-state index contributed by atoms with van der Waals surface area (Å²) in [5.74, 6) is 1.22. The standard InChI is InChI=1S/C14H20N2O2/c1-2-7-16-10-11(9-15-16)18-13-8-12(17)14(13)5-3-4-6-14/h9-10,13H,2-8H2,1H3. The summed E-state index contributed by atoms with van der Waals surface area (Å²) in [4.78, 5) is 11.9. The minimum atomic E-state index is -0.146. The number of aryl methyl sites for hydroxylation is 1. The van der Waals surface area contributed by atoms with Gasteiger partial charge in [-0.1, -0.05) is 19.8 Å². The van der Waals surface area contributed by atoms with E-state index in [1.54, 1.807) is 6.20 Å². The zero-order chi connectivity index (χ0) is 12.6. The van der Waals surface area contributed by atoms with E-state index in [9.17, 15) is 4.79 Å². The number of carbonyl (C=O) groups excluding carboxylic acids is 1. The Morgan fingerprint density at radius 1 is 1.50 bits per heavy atom. The third kappa shape index (κ3) is 1.74. The number of hydrogen-bond acceptors (Lipinski definition) is 3. The second-order valence-electron chi connectivity index (χ2n) is 5.54. The van der Waals surface area contributed by atoms with Gasteiger partial charge in [-0.15, -0.1) is 0 Å². The molecule has 0 radical (unpaired) electrons. The summed E-state index contributed by atoms with van der Waals surface area (Å²) in [6.45, 7) is 3.04. The van der Waals surface area contributed by atoms with Gasteiger partial charge in [0.05, 0.1) is 17.8 Å². The number of aromatic nitrogens is 2. The van der Waals surface area contributed by atoms with Crippen molar-refractivity contribution < 1.29 is 9.53 Å². The van der Waals surface area contributed by atoms with Crippen molar-refractivity contribution in [2.75, 3.05) is 0 Å². The molecule has 2 fully saturated rings. The number of carbonyl (C=O) groups is 1. The molecule has 0 bridgehead atoms. The highest BCUT2D eigenvalue weighted by molar-refractivity contribution is 5.92. The fraction of sp³-hybridized carbons (Fsp3) is 0.714. The van der Waals surface area contributed by atoms with Crippen molar-refractivity contribution in [2.45, 2.75) is 58.1 Å². The smallest absolute Gasteiger partial charge is 0.157 e. The summed E-state index contributed by atoms with van der Waals surface area (Å²) >= 11 is 0. The first-order valence-electron chi connectivity index (χ1n) is 6.97. The average molecular weight is 248 g/mol. The van der Waals surface area contributed by atoms with Gasteiger partial charge in [-0.2, -0.15) is 5.10 Å². The van der Waals surface area contributed by atoms with Crippen LogP contribution in [-0.4, -0.2) is 21.7 Å². The molecule has 18 heavy (non-hydrogen) atoms. The van der Waals surface area contributed by atoms with E-state index in [0.29, 0.717) is 12.2 Å². The lowest BCUT2D eigenvalue weighted by atomic mass is 9.63. The maximum atomic E-state index is 11.9. The molecule has 1 spiro atoms. The fourth-order valence-electron chi connectivity index (χ4n) is 3.30. The van der Waals surface area contributed by atoms with Crippen LogP contribution in [0.5, 0.6) is 5.75 Å². The number of ketones is 1. The van der Waals surface area contributed by atoms with E-state index in [1.165, 1.54) is 12.8 Å². The molecule has 2 saturated carbocycles. The van der Waals surface area contributed by atoms with E-state index in [0.717, 1.165) is 31.6 Å². The van der Waals surface area contributed by atoms with Crippen LogP contribution in [-0.2, 0) is 11.3 Å². The summed E-state index contributed by atoms with van der Waals surface area (Å²) in [5, 5.41) is 4.26. The van der Waals surface area contributed by atoms with Gasteiger partial charge in [-0.3, -0.25) is 9.48 Å². The summed E-state index contributed by atoms with van der Waals surface area (Å²) in [5.41, 5.74) is -0.146. The Hall–Kier alpha value is -1.32. The second-order valence-corrected chi connectivity index (χ2v) is 5.54. The van der Waals surface area contributed by atoms with E-state index in [4.69, 9.17) is 4.74 Å².